The van der Waals surface area contributed by atoms with Crippen LogP contribution in [0.4, 0.5) is 15.8 Å². The lowest BCUT2D eigenvalue weighted by molar-refractivity contribution is 0.473. The molecule has 9 nitrogen and oxygen atoms in total. The lowest BCUT2D eigenvalue weighted by Crippen LogP contribution is -2.41. The van der Waals surface area contributed by atoms with Crippen LogP contribution >= 0.6 is 0 Å². The molecule has 0 radical (unpaired) electrons. The fourth-order valence-electron chi connectivity index (χ4n) is 3.88. The third-order valence-electron chi connectivity index (χ3n) is 5.63. The normalized spacial score (nSPS) is 15.2. The Morgan fingerprint density at radius 3 is 2.70 bits per heavy atom. The second kappa shape index (κ2) is 10.7. The molecule has 5 N–H and O–H groups in total. The zero-order valence-corrected chi connectivity index (χ0v) is 18.7. The number of nitrogens with one attached hydrogen (secondary N) is 3. The van der Waals surface area contributed by atoms with E-state index in [1.807, 2.05) is 6.07 Å². The van der Waals surface area contributed by atoms with Gasteiger partial charge in [0.25, 0.3) is 0 Å². The van der Waals surface area contributed by atoms with Crippen LogP contribution in [0, 0.1) is 34.0 Å². The zero-order valence-electron chi connectivity index (χ0n) is 18.7. The van der Waals surface area contributed by atoms with Gasteiger partial charge in [-0.25, -0.2) is 4.98 Å². The van der Waals surface area contributed by atoms with E-state index in [9.17, 15) is 9.65 Å². The van der Waals surface area contributed by atoms with Crippen molar-refractivity contribution < 1.29 is 4.39 Å². The number of hydrogen-bond donors (Lipinski definition) is 4. The lowest BCUT2D eigenvalue weighted by Gasteiger charge is -2.36. The van der Waals surface area contributed by atoms with E-state index in [4.69, 9.17) is 16.6 Å². The molecular formula is C23H28FN9. The zero-order chi connectivity index (χ0) is 24.0. The molecule has 10 heteroatoms. The number of aliphatic imine (C=N–C) groups is 1. The molecule has 1 saturated heterocycles. The second-order valence-electron chi connectivity index (χ2n) is 7.92. The molecule has 1 unspecified atom stereocenters. The third kappa shape index (κ3) is 5.51. The van der Waals surface area contributed by atoms with Crippen molar-refractivity contribution in [1.82, 2.24) is 9.88 Å². The van der Waals surface area contributed by atoms with Crippen LogP contribution < -0.4 is 16.0 Å². The highest BCUT2D eigenvalue weighted by Gasteiger charge is 2.28. The number of hydrogen-bond acceptors (Lipinski definition) is 7. The third-order valence-corrected chi connectivity index (χ3v) is 5.63. The maximum atomic E-state index is 13.4. The minimum atomic E-state index is -0.569. The smallest absolute Gasteiger partial charge is 0.212 e. The van der Waals surface area contributed by atoms with Gasteiger partial charge in [0.1, 0.15) is 11.9 Å². The molecule has 1 aromatic heterocycles. The van der Waals surface area contributed by atoms with Gasteiger partial charge in [-0.1, -0.05) is 6.07 Å². The molecule has 1 aliphatic rings. The van der Waals surface area contributed by atoms with Gasteiger partial charge in [0.15, 0.2) is 0 Å². The minimum absolute atomic E-state index is 0.0359. The van der Waals surface area contributed by atoms with Crippen LogP contribution in [0.25, 0.3) is 11.1 Å². The summed E-state index contributed by atoms with van der Waals surface area (Å²) in [6, 6.07) is 8.92. The quantitative estimate of drug-likeness (QED) is 0.290. The van der Waals surface area contributed by atoms with Crippen molar-refractivity contribution in [1.29, 1.82) is 16.1 Å². The molecule has 1 atom stereocenters. The van der Waals surface area contributed by atoms with Crippen LogP contribution in [0.3, 0.4) is 0 Å². The first kappa shape index (κ1) is 23.8. The van der Waals surface area contributed by atoms with Gasteiger partial charge in [0.2, 0.25) is 5.95 Å². The van der Waals surface area contributed by atoms with Crippen molar-refractivity contribution in [3.63, 3.8) is 0 Å². The molecule has 0 bridgehead atoms. The average Bonchev–Trinajstić information content (AvgIpc) is 2.83. The van der Waals surface area contributed by atoms with Crippen molar-refractivity contribution in [2.75, 3.05) is 30.4 Å². The van der Waals surface area contributed by atoms with E-state index in [0.29, 0.717) is 48.6 Å². The second-order valence-corrected chi connectivity index (χ2v) is 7.92. The first-order chi connectivity index (χ1) is 15.8. The molecule has 0 saturated carbocycles. The summed E-state index contributed by atoms with van der Waals surface area (Å²) < 4.78 is 13.4. The highest BCUT2D eigenvalue weighted by Crippen LogP contribution is 2.39. The number of nitriles is 1. The van der Waals surface area contributed by atoms with E-state index < -0.39 is 5.95 Å². The number of anilines is 2. The number of rotatable bonds is 7. The monoisotopic (exact) mass is 449 g/mol. The Morgan fingerprint density at radius 1 is 1.39 bits per heavy atom. The lowest BCUT2D eigenvalue weighted by atomic mass is 9.92. The van der Waals surface area contributed by atoms with Gasteiger partial charge in [-0.3, -0.25) is 15.8 Å². The maximum Gasteiger partial charge on any atom is 0.212 e. The number of nitrogens with zero attached hydrogens (tertiary/aromatic N) is 5. The van der Waals surface area contributed by atoms with Crippen LogP contribution in [0.5, 0.6) is 0 Å². The van der Waals surface area contributed by atoms with Crippen molar-refractivity contribution in [2.24, 2.45) is 16.6 Å². The average molecular weight is 450 g/mol. The molecule has 2 aromatic rings. The van der Waals surface area contributed by atoms with E-state index in [0.717, 1.165) is 17.6 Å². The molecule has 0 aliphatic carbocycles. The molecule has 0 spiro atoms. The van der Waals surface area contributed by atoms with Gasteiger partial charge < -0.3 is 20.9 Å². The molecule has 1 fully saturated rings. The Labute approximate surface area is 192 Å². The number of halogens is 1. The highest BCUT2D eigenvalue weighted by molar-refractivity contribution is 5.92. The topological polar surface area (TPSA) is 141 Å². The van der Waals surface area contributed by atoms with E-state index in [2.05, 4.69) is 26.3 Å². The van der Waals surface area contributed by atoms with Gasteiger partial charge in [-0.2, -0.15) is 9.65 Å². The number of nitrogens with two attached hydrogens (primary N) is 1. The fourth-order valence-corrected chi connectivity index (χ4v) is 3.88. The molecule has 3 rings (SSSR count). The standard InChI is InChI=1S/C23H28FN9/c1-15(27)30-14-31-20-5-4-18(17-3-6-21(24)29-12-17)22(19(20)11-25)33-9-7-16(8-10-33)23(28)32(2)13-26/h3-6,12-16,26,28H,7-10,27H2,1-2H3,(H,30,31). The molecule has 1 aliphatic heterocycles. The maximum absolute atomic E-state index is 13.4. The van der Waals surface area contributed by atoms with Crippen molar-refractivity contribution in [3.05, 3.63) is 42.0 Å². The molecule has 0 amide bonds. The van der Waals surface area contributed by atoms with Gasteiger partial charge >= 0.3 is 0 Å². The largest absolute Gasteiger partial charge is 0.370 e. The molecular weight excluding hydrogens is 421 g/mol. The van der Waals surface area contributed by atoms with Gasteiger partial charge in [0, 0.05) is 43.4 Å². The minimum Gasteiger partial charge on any atom is -0.370 e. The van der Waals surface area contributed by atoms with Crippen LogP contribution in [-0.2, 0) is 0 Å². The molecule has 33 heavy (non-hydrogen) atoms. The first-order valence-electron chi connectivity index (χ1n) is 10.6. The number of piperidine rings is 1. The first-order valence-corrected chi connectivity index (χ1v) is 10.6. The highest BCUT2D eigenvalue weighted by atomic mass is 19.1. The van der Waals surface area contributed by atoms with Crippen molar-refractivity contribution in [2.45, 2.75) is 25.9 Å². The Morgan fingerprint density at radius 2 is 2.12 bits per heavy atom. The molecule has 2 heterocycles. The predicted octanol–water partition coefficient (Wildman–Crippen LogP) is 3.24. The Hall–Kier alpha value is -3.84. The Balaban J connectivity index is 1.99. The summed E-state index contributed by atoms with van der Waals surface area (Å²) in [6.07, 6.45) is 5.13. The van der Waals surface area contributed by atoms with Crippen molar-refractivity contribution >= 4 is 29.9 Å². The van der Waals surface area contributed by atoms with Gasteiger partial charge in [0.05, 0.1) is 35.8 Å². The molecule has 172 valence electrons. The Kier molecular flexibility index (Phi) is 7.69. The van der Waals surface area contributed by atoms with Crippen LogP contribution in [0.2, 0.25) is 0 Å². The van der Waals surface area contributed by atoms with Crippen LogP contribution in [-0.4, -0.2) is 54.7 Å². The summed E-state index contributed by atoms with van der Waals surface area (Å²) >= 11 is 0. The van der Waals surface area contributed by atoms with E-state index in [1.54, 1.807) is 26.1 Å². The van der Waals surface area contributed by atoms with Crippen LogP contribution in [0.1, 0.15) is 25.3 Å². The number of benzene rings is 1. The number of pyridine rings is 1. The van der Waals surface area contributed by atoms with Crippen LogP contribution in [0.15, 0.2) is 35.5 Å². The molecule has 1 aromatic carbocycles. The summed E-state index contributed by atoms with van der Waals surface area (Å²) in [5, 5.41) is 28.8. The van der Waals surface area contributed by atoms with E-state index >= 15 is 0 Å². The van der Waals surface area contributed by atoms with E-state index in [-0.39, 0.29) is 12.1 Å². The summed E-state index contributed by atoms with van der Waals surface area (Å²) in [5.74, 6) is -0.120. The SMILES string of the molecule is CC(N)/N=C\Nc1ccc(-c2ccc(F)nc2)c(N2CCC(C(=N)N(C)C=N)CC2)c1C#N. The Bertz CT molecular complexity index is 1060. The van der Waals surface area contributed by atoms with Crippen molar-refractivity contribution in [3.8, 4) is 17.2 Å². The van der Waals surface area contributed by atoms with E-state index in [1.165, 1.54) is 23.5 Å². The summed E-state index contributed by atoms with van der Waals surface area (Å²) in [4.78, 5) is 11.5. The summed E-state index contributed by atoms with van der Waals surface area (Å²) in [6.45, 7) is 3.01. The summed E-state index contributed by atoms with van der Waals surface area (Å²) in [5.41, 5.74) is 8.92. The predicted molar refractivity (Wildman–Crippen MR) is 129 cm³/mol. The number of amidine groups is 1. The van der Waals surface area contributed by atoms with Gasteiger partial charge in [-0.05, 0) is 38.0 Å². The number of aromatic nitrogens is 1. The fraction of sp³-hybridized carbons (Fsp3) is 0.348. The van der Waals surface area contributed by atoms with Gasteiger partial charge in [-0.15, -0.1) is 0 Å². The summed E-state index contributed by atoms with van der Waals surface area (Å²) in [7, 11) is 1.70.